The van der Waals surface area contributed by atoms with Crippen molar-refractivity contribution in [2.24, 2.45) is 7.05 Å². The van der Waals surface area contributed by atoms with Crippen molar-refractivity contribution >= 4 is 5.82 Å². The van der Waals surface area contributed by atoms with Crippen LogP contribution in [0.5, 0.6) is 5.88 Å². The summed E-state index contributed by atoms with van der Waals surface area (Å²) in [6, 6.07) is 1.92. The van der Waals surface area contributed by atoms with Crippen LogP contribution in [0.3, 0.4) is 0 Å². The van der Waals surface area contributed by atoms with E-state index < -0.39 is 11.7 Å². The van der Waals surface area contributed by atoms with Gasteiger partial charge in [-0.05, 0) is 18.6 Å². The van der Waals surface area contributed by atoms with Gasteiger partial charge in [-0.25, -0.2) is 9.67 Å². The van der Waals surface area contributed by atoms with Crippen molar-refractivity contribution in [3.63, 3.8) is 0 Å². The van der Waals surface area contributed by atoms with E-state index >= 15 is 0 Å². The highest BCUT2D eigenvalue weighted by molar-refractivity contribution is 5.42. The summed E-state index contributed by atoms with van der Waals surface area (Å²) in [5.41, 5.74) is 0.907. The Labute approximate surface area is 126 Å². The summed E-state index contributed by atoms with van der Waals surface area (Å²) in [4.78, 5) is 3.91. The molecule has 2 heterocycles. The number of aromatic nitrogens is 3. The lowest BCUT2D eigenvalue weighted by molar-refractivity contribution is -0.137. The van der Waals surface area contributed by atoms with Crippen LogP contribution < -0.4 is 10.1 Å². The second kappa shape index (κ2) is 6.25. The molecule has 0 aliphatic rings. The van der Waals surface area contributed by atoms with E-state index in [1.807, 2.05) is 6.92 Å². The molecule has 0 spiro atoms. The number of pyridine rings is 1. The van der Waals surface area contributed by atoms with Gasteiger partial charge in [0, 0.05) is 19.8 Å². The second-order valence-electron chi connectivity index (χ2n) is 4.69. The van der Waals surface area contributed by atoms with E-state index in [1.165, 1.54) is 7.11 Å². The molecule has 1 N–H and O–H groups in total. The van der Waals surface area contributed by atoms with Crippen LogP contribution in [0.1, 0.15) is 23.7 Å². The molecule has 2 rings (SSSR count). The predicted octanol–water partition coefficient (Wildman–Crippen LogP) is 3.02. The Bertz CT molecular complexity index is 652. The first-order valence-electron chi connectivity index (χ1n) is 6.72. The maximum absolute atomic E-state index is 12.7. The summed E-state index contributed by atoms with van der Waals surface area (Å²) in [6.45, 7) is 2.24. The number of anilines is 1. The van der Waals surface area contributed by atoms with Gasteiger partial charge >= 0.3 is 6.18 Å². The Morgan fingerprint density at radius 3 is 2.68 bits per heavy atom. The first-order valence-corrected chi connectivity index (χ1v) is 6.72. The first kappa shape index (κ1) is 16.1. The average Bonchev–Trinajstić information content (AvgIpc) is 2.79. The average molecular weight is 314 g/mol. The van der Waals surface area contributed by atoms with E-state index in [4.69, 9.17) is 4.74 Å². The van der Waals surface area contributed by atoms with Crippen LogP contribution in [0.15, 0.2) is 18.3 Å². The summed E-state index contributed by atoms with van der Waals surface area (Å²) < 4.78 is 44.9. The molecule has 0 aliphatic heterocycles. The monoisotopic (exact) mass is 314 g/mol. The first-order chi connectivity index (χ1) is 10.4. The van der Waals surface area contributed by atoms with E-state index in [9.17, 15) is 13.2 Å². The molecule has 0 saturated carbocycles. The third-order valence-electron chi connectivity index (χ3n) is 3.23. The predicted molar refractivity (Wildman–Crippen MR) is 75.7 cm³/mol. The molecular formula is C14H17F3N4O. The third kappa shape index (κ3) is 3.32. The topological polar surface area (TPSA) is 52.0 Å². The Morgan fingerprint density at radius 2 is 2.09 bits per heavy atom. The quantitative estimate of drug-likeness (QED) is 0.922. The standard InChI is InChI=1S/C14H17F3N4O/c1-4-11-10(13(22-3)21(2)20-11)8-19-12-7-9(5-6-18-12)14(15,16)17/h5-7H,4,8H2,1-3H3,(H,18,19). The molecule has 0 amide bonds. The van der Waals surface area contributed by atoms with Crippen LogP contribution in [0.4, 0.5) is 19.0 Å². The smallest absolute Gasteiger partial charge is 0.416 e. The molecule has 0 radical (unpaired) electrons. The van der Waals surface area contributed by atoms with Crippen molar-refractivity contribution in [3.05, 3.63) is 35.2 Å². The van der Waals surface area contributed by atoms with Crippen molar-refractivity contribution in [2.75, 3.05) is 12.4 Å². The van der Waals surface area contributed by atoms with Crippen LogP contribution in [0.2, 0.25) is 0 Å². The fraction of sp³-hybridized carbons (Fsp3) is 0.429. The second-order valence-corrected chi connectivity index (χ2v) is 4.69. The molecule has 2 aromatic heterocycles. The lowest BCUT2D eigenvalue weighted by atomic mass is 10.2. The Balaban J connectivity index is 2.20. The highest BCUT2D eigenvalue weighted by Gasteiger charge is 2.30. The highest BCUT2D eigenvalue weighted by Crippen LogP contribution is 2.30. The maximum atomic E-state index is 12.7. The minimum absolute atomic E-state index is 0.155. The van der Waals surface area contributed by atoms with Crippen LogP contribution in [-0.4, -0.2) is 21.9 Å². The van der Waals surface area contributed by atoms with E-state index in [0.29, 0.717) is 12.3 Å². The number of nitrogens with zero attached hydrogens (tertiary/aromatic N) is 3. The van der Waals surface area contributed by atoms with Crippen molar-refractivity contribution in [3.8, 4) is 5.88 Å². The summed E-state index contributed by atoms with van der Waals surface area (Å²) in [7, 11) is 3.28. The molecule has 0 saturated heterocycles. The summed E-state index contributed by atoms with van der Waals surface area (Å²) in [6.07, 6.45) is -2.56. The summed E-state index contributed by atoms with van der Waals surface area (Å²) >= 11 is 0. The van der Waals surface area contributed by atoms with Gasteiger partial charge < -0.3 is 10.1 Å². The van der Waals surface area contributed by atoms with Gasteiger partial charge in [0.2, 0.25) is 5.88 Å². The molecule has 120 valence electrons. The highest BCUT2D eigenvalue weighted by atomic mass is 19.4. The Hall–Kier alpha value is -2.25. The molecule has 2 aromatic rings. The number of aryl methyl sites for hydroxylation is 2. The van der Waals surface area contributed by atoms with Crippen LogP contribution in [0.25, 0.3) is 0 Å². The zero-order chi connectivity index (χ0) is 16.3. The summed E-state index contributed by atoms with van der Waals surface area (Å²) in [5.74, 6) is 0.735. The number of halogens is 3. The van der Waals surface area contributed by atoms with Crippen molar-refractivity contribution in [1.29, 1.82) is 0 Å². The largest absolute Gasteiger partial charge is 0.481 e. The Kier molecular flexibility index (Phi) is 4.58. The molecule has 5 nitrogen and oxygen atoms in total. The SMILES string of the molecule is CCc1nn(C)c(OC)c1CNc1cc(C(F)(F)F)ccn1. The number of hydrogen-bond acceptors (Lipinski definition) is 4. The van der Waals surface area contributed by atoms with Gasteiger partial charge in [0.25, 0.3) is 0 Å². The van der Waals surface area contributed by atoms with Gasteiger partial charge in [0.1, 0.15) is 5.82 Å². The van der Waals surface area contributed by atoms with E-state index in [1.54, 1.807) is 11.7 Å². The van der Waals surface area contributed by atoms with E-state index in [0.717, 1.165) is 29.6 Å². The van der Waals surface area contributed by atoms with Gasteiger partial charge in [-0.3, -0.25) is 0 Å². The number of hydrogen-bond donors (Lipinski definition) is 1. The molecule has 0 aromatic carbocycles. The fourth-order valence-corrected chi connectivity index (χ4v) is 2.21. The number of ether oxygens (including phenoxy) is 1. The van der Waals surface area contributed by atoms with Crippen molar-refractivity contribution in [2.45, 2.75) is 26.1 Å². The minimum Gasteiger partial charge on any atom is -0.481 e. The maximum Gasteiger partial charge on any atom is 0.416 e. The molecule has 0 bridgehead atoms. The van der Waals surface area contributed by atoms with Crippen molar-refractivity contribution < 1.29 is 17.9 Å². The van der Waals surface area contributed by atoms with Crippen LogP contribution in [-0.2, 0) is 26.2 Å². The molecule has 0 fully saturated rings. The van der Waals surface area contributed by atoms with Gasteiger partial charge in [-0.2, -0.15) is 18.3 Å². The van der Waals surface area contributed by atoms with E-state index in [-0.39, 0.29) is 12.4 Å². The minimum atomic E-state index is -4.39. The van der Waals surface area contributed by atoms with E-state index in [2.05, 4.69) is 15.4 Å². The molecule has 8 heteroatoms. The van der Waals surface area contributed by atoms with Crippen LogP contribution in [0, 0.1) is 0 Å². The number of methoxy groups -OCH3 is 1. The zero-order valence-electron chi connectivity index (χ0n) is 12.5. The zero-order valence-corrected chi connectivity index (χ0v) is 12.5. The lowest BCUT2D eigenvalue weighted by Crippen LogP contribution is -2.08. The number of alkyl halides is 3. The molecule has 0 aliphatic carbocycles. The number of rotatable bonds is 5. The van der Waals surface area contributed by atoms with Gasteiger partial charge in [0.15, 0.2) is 0 Å². The molecule has 22 heavy (non-hydrogen) atoms. The number of nitrogens with one attached hydrogen (secondary N) is 1. The normalized spacial score (nSPS) is 11.5. The van der Waals surface area contributed by atoms with Crippen molar-refractivity contribution in [1.82, 2.24) is 14.8 Å². The lowest BCUT2D eigenvalue weighted by Gasteiger charge is -2.10. The van der Waals surface area contributed by atoms with Crippen LogP contribution >= 0.6 is 0 Å². The molecular weight excluding hydrogens is 297 g/mol. The fourth-order valence-electron chi connectivity index (χ4n) is 2.21. The molecule has 0 unspecified atom stereocenters. The third-order valence-corrected chi connectivity index (χ3v) is 3.23. The van der Waals surface area contributed by atoms with Gasteiger partial charge in [-0.1, -0.05) is 6.92 Å². The molecule has 0 atom stereocenters. The summed E-state index contributed by atoms with van der Waals surface area (Å²) in [5, 5.41) is 7.21. The Morgan fingerprint density at radius 1 is 1.36 bits per heavy atom. The van der Waals surface area contributed by atoms with Gasteiger partial charge in [0.05, 0.1) is 23.9 Å². The van der Waals surface area contributed by atoms with Gasteiger partial charge in [-0.15, -0.1) is 0 Å².